The molecule has 2 aromatic heterocycles. The van der Waals surface area contributed by atoms with Crippen LogP contribution in [0.25, 0.3) is 11.4 Å². The standard InChI is InChI=1S/C15H11N3O4S/c19-18-6-2-1-3-14(18)23-8-13-16-15(17-22-13)10-4-5-11-12(7-10)21-9-20-11/h1-7H,8-9H2. The molecule has 7 nitrogen and oxygen atoms in total. The highest BCUT2D eigenvalue weighted by molar-refractivity contribution is 7.98. The Morgan fingerprint density at radius 2 is 2.09 bits per heavy atom. The number of hydrogen-bond donors (Lipinski definition) is 0. The first-order chi connectivity index (χ1) is 11.3. The van der Waals surface area contributed by atoms with Crippen LogP contribution in [-0.2, 0) is 5.75 Å². The smallest absolute Gasteiger partial charge is 0.251 e. The summed E-state index contributed by atoms with van der Waals surface area (Å²) < 4.78 is 16.6. The molecule has 0 aliphatic carbocycles. The lowest BCUT2D eigenvalue weighted by Crippen LogP contribution is -2.27. The highest BCUT2D eigenvalue weighted by atomic mass is 32.2. The Morgan fingerprint density at radius 3 is 3.00 bits per heavy atom. The van der Waals surface area contributed by atoms with Crippen LogP contribution < -0.4 is 14.2 Å². The molecule has 0 N–H and O–H groups in total. The van der Waals surface area contributed by atoms with Crippen LogP contribution >= 0.6 is 11.8 Å². The number of thioether (sulfide) groups is 1. The van der Waals surface area contributed by atoms with Crippen molar-refractivity contribution in [2.24, 2.45) is 0 Å². The highest BCUT2D eigenvalue weighted by Gasteiger charge is 2.17. The third-order valence-corrected chi connectivity index (χ3v) is 4.23. The number of ether oxygens (including phenoxy) is 2. The zero-order valence-electron chi connectivity index (χ0n) is 11.8. The third-order valence-electron chi connectivity index (χ3n) is 3.23. The second-order valence-electron chi connectivity index (χ2n) is 4.73. The van der Waals surface area contributed by atoms with Gasteiger partial charge in [0.15, 0.2) is 17.7 Å². The van der Waals surface area contributed by atoms with Crippen molar-refractivity contribution in [3.8, 4) is 22.9 Å². The summed E-state index contributed by atoms with van der Waals surface area (Å²) in [4.78, 5) is 4.34. The summed E-state index contributed by atoms with van der Waals surface area (Å²) in [5, 5.41) is 16.1. The van der Waals surface area contributed by atoms with E-state index in [0.29, 0.717) is 34.0 Å². The largest absolute Gasteiger partial charge is 0.618 e. The minimum Gasteiger partial charge on any atom is -0.618 e. The number of fused-ring (bicyclic) bond motifs is 1. The van der Waals surface area contributed by atoms with Crippen molar-refractivity contribution in [1.29, 1.82) is 0 Å². The average Bonchev–Trinajstić information content (AvgIpc) is 3.22. The number of aromatic nitrogens is 3. The maximum Gasteiger partial charge on any atom is 0.251 e. The first-order valence-electron chi connectivity index (χ1n) is 6.83. The molecule has 1 aliphatic rings. The highest BCUT2D eigenvalue weighted by Crippen LogP contribution is 2.35. The zero-order valence-corrected chi connectivity index (χ0v) is 12.7. The summed E-state index contributed by atoms with van der Waals surface area (Å²) >= 11 is 1.34. The molecular formula is C15H11N3O4S. The van der Waals surface area contributed by atoms with E-state index in [1.807, 2.05) is 24.3 Å². The van der Waals surface area contributed by atoms with Gasteiger partial charge in [0.05, 0.1) is 5.75 Å². The molecule has 0 saturated heterocycles. The third kappa shape index (κ3) is 2.80. The number of pyridine rings is 1. The van der Waals surface area contributed by atoms with Crippen molar-refractivity contribution in [2.75, 3.05) is 6.79 Å². The Hall–Kier alpha value is -2.74. The predicted molar refractivity (Wildman–Crippen MR) is 80.8 cm³/mol. The number of nitrogens with zero attached hydrogens (tertiary/aromatic N) is 3. The molecule has 4 rings (SSSR count). The van der Waals surface area contributed by atoms with Gasteiger partial charge in [-0.3, -0.25) is 0 Å². The van der Waals surface area contributed by atoms with E-state index in [1.165, 1.54) is 18.0 Å². The Balaban J connectivity index is 1.50. The lowest BCUT2D eigenvalue weighted by atomic mass is 10.2. The van der Waals surface area contributed by atoms with E-state index in [4.69, 9.17) is 14.0 Å². The quantitative estimate of drug-likeness (QED) is 0.413. The summed E-state index contributed by atoms with van der Waals surface area (Å²) in [5.41, 5.74) is 0.785. The van der Waals surface area contributed by atoms with Crippen molar-refractivity contribution in [2.45, 2.75) is 10.8 Å². The lowest BCUT2D eigenvalue weighted by Gasteiger charge is -2.00. The monoisotopic (exact) mass is 329 g/mol. The fraction of sp³-hybridized carbons (Fsp3) is 0.133. The first kappa shape index (κ1) is 13.9. The van der Waals surface area contributed by atoms with Crippen LogP contribution in [-0.4, -0.2) is 16.9 Å². The van der Waals surface area contributed by atoms with Crippen LogP contribution in [0.15, 0.2) is 52.1 Å². The minimum absolute atomic E-state index is 0.221. The van der Waals surface area contributed by atoms with Crippen LogP contribution in [0.3, 0.4) is 0 Å². The van der Waals surface area contributed by atoms with Gasteiger partial charge in [-0.25, -0.2) is 0 Å². The van der Waals surface area contributed by atoms with Gasteiger partial charge in [-0.2, -0.15) is 9.71 Å². The Morgan fingerprint density at radius 1 is 1.17 bits per heavy atom. The van der Waals surface area contributed by atoms with E-state index in [0.717, 1.165) is 10.3 Å². The van der Waals surface area contributed by atoms with Gasteiger partial charge in [0.25, 0.3) is 5.03 Å². The molecule has 3 heterocycles. The number of hydrogen-bond acceptors (Lipinski definition) is 7. The summed E-state index contributed by atoms with van der Waals surface area (Å²) in [6.45, 7) is 0.221. The van der Waals surface area contributed by atoms with Crippen LogP contribution in [0.5, 0.6) is 11.5 Å². The molecule has 0 fully saturated rings. The molecule has 0 atom stereocenters. The van der Waals surface area contributed by atoms with Gasteiger partial charge in [0.2, 0.25) is 18.5 Å². The maximum absolute atomic E-state index is 11.6. The second kappa shape index (κ2) is 5.81. The van der Waals surface area contributed by atoms with Gasteiger partial charge in [-0.15, -0.1) is 0 Å². The first-order valence-corrected chi connectivity index (χ1v) is 7.82. The molecule has 0 saturated carbocycles. The molecule has 0 radical (unpaired) electrons. The molecule has 1 aromatic carbocycles. The van der Waals surface area contributed by atoms with Crippen molar-refractivity contribution in [1.82, 2.24) is 10.1 Å². The summed E-state index contributed by atoms with van der Waals surface area (Å²) in [7, 11) is 0. The SMILES string of the molecule is [O-][n+]1ccccc1SCc1nc(-c2ccc3c(c2)OCO3)no1. The lowest BCUT2D eigenvalue weighted by molar-refractivity contribution is -0.645. The number of rotatable bonds is 4. The zero-order chi connectivity index (χ0) is 15.6. The fourth-order valence-electron chi connectivity index (χ4n) is 2.13. The van der Waals surface area contributed by atoms with E-state index < -0.39 is 0 Å². The Labute approximate surface area is 135 Å². The van der Waals surface area contributed by atoms with Gasteiger partial charge in [-0.1, -0.05) is 5.16 Å². The molecule has 8 heteroatoms. The second-order valence-corrected chi connectivity index (χ2v) is 5.73. The Bertz CT molecular complexity index is 852. The van der Waals surface area contributed by atoms with Gasteiger partial charge in [-0.05, 0) is 36.0 Å². The maximum atomic E-state index is 11.6. The Kier molecular flexibility index (Phi) is 3.51. The van der Waals surface area contributed by atoms with Crippen molar-refractivity contribution in [3.05, 3.63) is 53.7 Å². The van der Waals surface area contributed by atoms with Crippen LogP contribution in [0.2, 0.25) is 0 Å². The number of benzene rings is 1. The molecule has 0 bridgehead atoms. The molecule has 23 heavy (non-hydrogen) atoms. The van der Waals surface area contributed by atoms with E-state index >= 15 is 0 Å². The van der Waals surface area contributed by atoms with Crippen LogP contribution in [0.1, 0.15) is 5.89 Å². The van der Waals surface area contributed by atoms with Gasteiger partial charge in [0.1, 0.15) is 0 Å². The van der Waals surface area contributed by atoms with Crippen LogP contribution in [0.4, 0.5) is 0 Å². The summed E-state index contributed by atoms with van der Waals surface area (Å²) in [6, 6.07) is 10.7. The minimum atomic E-state index is 0.221. The van der Waals surface area contributed by atoms with Crippen LogP contribution in [0, 0.1) is 5.21 Å². The van der Waals surface area contributed by atoms with E-state index in [9.17, 15) is 5.21 Å². The molecule has 0 unspecified atom stereocenters. The van der Waals surface area contributed by atoms with Crippen molar-refractivity contribution < 1.29 is 18.7 Å². The predicted octanol–water partition coefficient (Wildman–Crippen LogP) is 2.39. The summed E-state index contributed by atoms with van der Waals surface area (Å²) in [6.07, 6.45) is 1.45. The van der Waals surface area contributed by atoms with E-state index in [2.05, 4.69) is 10.1 Å². The topological polar surface area (TPSA) is 84.3 Å². The van der Waals surface area contributed by atoms with E-state index in [-0.39, 0.29) is 6.79 Å². The molecule has 116 valence electrons. The van der Waals surface area contributed by atoms with E-state index in [1.54, 1.807) is 12.1 Å². The normalized spacial score (nSPS) is 12.5. The van der Waals surface area contributed by atoms with Gasteiger partial charge >= 0.3 is 0 Å². The van der Waals surface area contributed by atoms with Crippen molar-refractivity contribution in [3.63, 3.8) is 0 Å². The average molecular weight is 329 g/mol. The molecule has 0 spiro atoms. The summed E-state index contributed by atoms with van der Waals surface area (Å²) in [5.74, 6) is 2.72. The molecule has 1 aliphatic heterocycles. The fourth-order valence-corrected chi connectivity index (χ4v) is 2.88. The molecule has 0 amide bonds. The van der Waals surface area contributed by atoms with Gasteiger partial charge in [0, 0.05) is 17.7 Å². The molecular weight excluding hydrogens is 318 g/mol. The van der Waals surface area contributed by atoms with Gasteiger partial charge < -0.3 is 19.2 Å². The molecule has 3 aromatic rings. The van der Waals surface area contributed by atoms with Crippen molar-refractivity contribution >= 4 is 11.8 Å².